The molecular weight excluding hydrogens is 421 g/mol. The van der Waals surface area contributed by atoms with E-state index in [9.17, 15) is 0 Å². The number of hydrogen-bond donors (Lipinski definition) is 1. The number of nitrogens with one attached hydrogen (secondary N) is 1. The molecule has 0 aliphatic rings. The van der Waals surface area contributed by atoms with Gasteiger partial charge in [0.05, 0.1) is 19.3 Å². The zero-order valence-electron chi connectivity index (χ0n) is 19.0. The molecule has 0 aliphatic carbocycles. The molecule has 0 fully saturated rings. The summed E-state index contributed by atoms with van der Waals surface area (Å²) >= 11 is 0. The summed E-state index contributed by atoms with van der Waals surface area (Å²) in [6.07, 6.45) is 2.29. The van der Waals surface area contributed by atoms with Crippen molar-refractivity contribution >= 4 is 18.5 Å². The lowest BCUT2D eigenvalue weighted by atomic mass is 10.1. The van der Waals surface area contributed by atoms with E-state index in [1.165, 1.54) is 27.9 Å². The molecule has 3 heteroatoms. The summed E-state index contributed by atoms with van der Waals surface area (Å²) in [6, 6.07) is 43.1. The van der Waals surface area contributed by atoms with Crippen molar-refractivity contribution in [3.63, 3.8) is 0 Å². The predicted octanol–water partition coefficient (Wildman–Crippen LogP) is 6.06. The van der Waals surface area contributed by atoms with Gasteiger partial charge in [0.2, 0.25) is 0 Å². The zero-order chi connectivity index (χ0) is 22.6. The van der Waals surface area contributed by atoms with Crippen LogP contribution in [0.4, 0.5) is 0 Å². The topological polar surface area (TPSA) is 21.3 Å². The van der Waals surface area contributed by atoms with E-state index in [0.29, 0.717) is 13.2 Å². The molecular formula is C30H32NOP. The molecule has 0 aliphatic heterocycles. The molecule has 4 aromatic rings. The van der Waals surface area contributed by atoms with E-state index in [0.717, 1.165) is 13.0 Å². The van der Waals surface area contributed by atoms with Crippen molar-refractivity contribution in [3.05, 3.63) is 132 Å². The second kappa shape index (κ2) is 13.1. The molecule has 33 heavy (non-hydrogen) atoms. The molecule has 1 atom stereocenters. The first-order valence-electron chi connectivity index (χ1n) is 11.7. The zero-order valence-corrected chi connectivity index (χ0v) is 19.9. The molecule has 4 rings (SSSR count). The van der Waals surface area contributed by atoms with Crippen LogP contribution >= 0.6 is 7.92 Å². The Labute approximate surface area is 199 Å². The van der Waals surface area contributed by atoms with Crippen LogP contribution in [-0.2, 0) is 11.3 Å². The van der Waals surface area contributed by atoms with Crippen molar-refractivity contribution in [1.29, 1.82) is 0 Å². The minimum atomic E-state index is -0.349. The van der Waals surface area contributed by atoms with Gasteiger partial charge in [-0.15, -0.1) is 0 Å². The summed E-state index contributed by atoms with van der Waals surface area (Å²) in [5, 5.41) is 6.66. The van der Waals surface area contributed by atoms with Crippen LogP contribution in [0.5, 0.6) is 0 Å². The minimum absolute atomic E-state index is 0.189. The van der Waals surface area contributed by atoms with E-state index in [1.807, 2.05) is 6.07 Å². The van der Waals surface area contributed by atoms with E-state index in [4.69, 9.17) is 4.74 Å². The fourth-order valence-electron chi connectivity index (χ4n) is 3.96. The number of ether oxygens (including phenoxy) is 1. The SMILES string of the molecule is c1ccc(COCC(NCCCP(c2ccccc2)c2ccccc2)c2ccccc2)cc1. The Morgan fingerprint density at radius 1 is 0.636 bits per heavy atom. The van der Waals surface area contributed by atoms with E-state index >= 15 is 0 Å². The van der Waals surface area contributed by atoms with Crippen LogP contribution in [0.15, 0.2) is 121 Å². The highest BCUT2D eigenvalue weighted by Gasteiger charge is 2.15. The van der Waals surface area contributed by atoms with Gasteiger partial charge in [-0.3, -0.25) is 0 Å². The third kappa shape index (κ3) is 7.37. The highest BCUT2D eigenvalue weighted by molar-refractivity contribution is 7.73. The van der Waals surface area contributed by atoms with Crippen LogP contribution in [0.2, 0.25) is 0 Å². The largest absolute Gasteiger partial charge is 0.375 e. The molecule has 168 valence electrons. The van der Waals surface area contributed by atoms with Gasteiger partial charge in [0, 0.05) is 0 Å². The first-order chi connectivity index (χ1) is 16.4. The van der Waals surface area contributed by atoms with Gasteiger partial charge in [0.15, 0.2) is 0 Å². The lowest BCUT2D eigenvalue weighted by molar-refractivity contribution is 0.0986. The normalized spacial score (nSPS) is 12.0. The molecule has 4 aromatic carbocycles. The van der Waals surface area contributed by atoms with Gasteiger partial charge in [-0.2, -0.15) is 0 Å². The van der Waals surface area contributed by atoms with Gasteiger partial charge in [-0.25, -0.2) is 0 Å². The first-order valence-corrected chi connectivity index (χ1v) is 13.2. The molecule has 0 heterocycles. The lowest BCUT2D eigenvalue weighted by Gasteiger charge is -2.22. The summed E-state index contributed by atoms with van der Waals surface area (Å²) in [5.41, 5.74) is 2.49. The van der Waals surface area contributed by atoms with E-state index in [1.54, 1.807) is 0 Å². The maximum absolute atomic E-state index is 6.09. The van der Waals surface area contributed by atoms with E-state index in [2.05, 4.69) is 121 Å². The van der Waals surface area contributed by atoms with Gasteiger partial charge in [-0.1, -0.05) is 121 Å². The highest BCUT2D eigenvalue weighted by atomic mass is 31.1. The lowest BCUT2D eigenvalue weighted by Crippen LogP contribution is -2.27. The Bertz CT molecular complexity index is 1000. The summed E-state index contributed by atoms with van der Waals surface area (Å²) in [7, 11) is -0.349. The predicted molar refractivity (Wildman–Crippen MR) is 142 cm³/mol. The van der Waals surface area contributed by atoms with Crippen LogP contribution in [-0.4, -0.2) is 19.3 Å². The molecule has 0 aromatic heterocycles. The Morgan fingerprint density at radius 3 is 1.73 bits per heavy atom. The molecule has 0 saturated carbocycles. The smallest absolute Gasteiger partial charge is 0.0717 e. The van der Waals surface area contributed by atoms with E-state index < -0.39 is 0 Å². The summed E-state index contributed by atoms with van der Waals surface area (Å²) in [5.74, 6) is 0. The molecule has 0 bridgehead atoms. The van der Waals surface area contributed by atoms with Crippen LogP contribution in [0.3, 0.4) is 0 Å². The summed E-state index contributed by atoms with van der Waals surface area (Å²) in [6.45, 7) is 2.26. The van der Waals surface area contributed by atoms with Gasteiger partial charge in [-0.05, 0) is 48.8 Å². The molecule has 1 N–H and O–H groups in total. The van der Waals surface area contributed by atoms with Crippen molar-refractivity contribution in [2.45, 2.75) is 19.1 Å². The standard InChI is InChI=1S/C30H32NOP/c1-5-14-26(15-6-1)24-32-25-30(27-16-7-2-8-17-27)31-22-13-23-33(28-18-9-3-10-19-28)29-20-11-4-12-21-29/h1-12,14-21,30-31H,13,22-25H2. The number of rotatable bonds is 12. The Balaban J connectivity index is 1.34. The summed E-state index contributed by atoms with van der Waals surface area (Å²) < 4.78 is 6.09. The molecule has 2 nitrogen and oxygen atoms in total. The molecule has 0 radical (unpaired) electrons. The van der Waals surface area contributed by atoms with Crippen LogP contribution in [0, 0.1) is 0 Å². The molecule has 0 amide bonds. The molecule has 0 saturated heterocycles. The van der Waals surface area contributed by atoms with Gasteiger partial charge in [0.1, 0.15) is 0 Å². The third-order valence-corrected chi connectivity index (χ3v) is 8.29. The van der Waals surface area contributed by atoms with Crippen molar-refractivity contribution in [3.8, 4) is 0 Å². The van der Waals surface area contributed by atoms with Gasteiger partial charge in [0.25, 0.3) is 0 Å². The Hall–Kier alpha value is -2.77. The minimum Gasteiger partial charge on any atom is -0.375 e. The van der Waals surface area contributed by atoms with Crippen molar-refractivity contribution in [1.82, 2.24) is 5.32 Å². The first kappa shape index (κ1) is 23.4. The maximum Gasteiger partial charge on any atom is 0.0717 e. The maximum atomic E-state index is 6.09. The van der Waals surface area contributed by atoms with Crippen LogP contribution < -0.4 is 15.9 Å². The summed E-state index contributed by atoms with van der Waals surface area (Å²) in [4.78, 5) is 0. The third-order valence-electron chi connectivity index (χ3n) is 5.68. The van der Waals surface area contributed by atoms with Crippen LogP contribution in [0.25, 0.3) is 0 Å². The highest BCUT2D eigenvalue weighted by Crippen LogP contribution is 2.34. The van der Waals surface area contributed by atoms with Gasteiger partial charge >= 0.3 is 0 Å². The van der Waals surface area contributed by atoms with Crippen molar-refractivity contribution in [2.75, 3.05) is 19.3 Å². The number of hydrogen-bond acceptors (Lipinski definition) is 2. The number of benzene rings is 4. The average Bonchev–Trinajstić information content (AvgIpc) is 2.90. The second-order valence-electron chi connectivity index (χ2n) is 8.09. The Kier molecular flexibility index (Phi) is 9.26. The fraction of sp³-hybridized carbons (Fsp3) is 0.200. The molecule has 0 spiro atoms. The van der Waals surface area contributed by atoms with Crippen molar-refractivity contribution < 1.29 is 4.74 Å². The van der Waals surface area contributed by atoms with Crippen LogP contribution in [0.1, 0.15) is 23.6 Å². The average molecular weight is 454 g/mol. The second-order valence-corrected chi connectivity index (χ2v) is 10.4. The molecule has 1 unspecified atom stereocenters. The fourth-order valence-corrected chi connectivity index (χ4v) is 6.32. The quantitative estimate of drug-likeness (QED) is 0.208. The Morgan fingerprint density at radius 2 is 1.15 bits per heavy atom. The van der Waals surface area contributed by atoms with Crippen molar-refractivity contribution in [2.24, 2.45) is 0 Å². The van der Waals surface area contributed by atoms with E-state index in [-0.39, 0.29) is 14.0 Å². The monoisotopic (exact) mass is 453 g/mol. The van der Waals surface area contributed by atoms with Gasteiger partial charge < -0.3 is 10.1 Å².